The summed E-state index contributed by atoms with van der Waals surface area (Å²) >= 11 is 0. The molecule has 1 atom stereocenters. The van der Waals surface area contributed by atoms with Crippen LogP contribution >= 0.6 is 0 Å². The van der Waals surface area contributed by atoms with Crippen LogP contribution in [0.15, 0.2) is 78.4 Å². The van der Waals surface area contributed by atoms with Crippen LogP contribution in [-0.4, -0.2) is 21.7 Å². The lowest BCUT2D eigenvalue weighted by Crippen LogP contribution is -2.29. The second kappa shape index (κ2) is 8.71. The molecule has 0 spiro atoms. The van der Waals surface area contributed by atoms with E-state index in [9.17, 15) is 38.0 Å². The highest BCUT2D eigenvalue weighted by Crippen LogP contribution is 2.43. The minimum absolute atomic E-state index is 0.0373. The normalized spacial score (nSPS) is 17.6. The topological polar surface area (TPSA) is 101 Å². The molecule has 35 heavy (non-hydrogen) atoms. The molecule has 1 aliphatic rings. The number of hydrogen-bond donors (Lipinski definition) is 1. The molecule has 3 aromatic rings. The van der Waals surface area contributed by atoms with Crippen LogP contribution in [0.25, 0.3) is 5.76 Å². The number of halogens is 3. The number of aryl methyl sites for hydroxylation is 1. The second-order valence-electron chi connectivity index (χ2n) is 7.94. The SMILES string of the molecule is Cc1cccc(C2/C(=C(\O)c3ccc([N+](=O)[O-])cc3)C(=O)C(=O)N2c2cccc(C(F)(F)F)c2)c1. The van der Waals surface area contributed by atoms with E-state index in [1.165, 1.54) is 18.2 Å². The number of amides is 1. The maximum Gasteiger partial charge on any atom is 0.416 e. The van der Waals surface area contributed by atoms with Crippen molar-refractivity contribution in [3.63, 3.8) is 0 Å². The number of anilines is 1. The van der Waals surface area contributed by atoms with Crippen molar-refractivity contribution >= 4 is 28.8 Å². The molecule has 7 nitrogen and oxygen atoms in total. The van der Waals surface area contributed by atoms with Gasteiger partial charge in [-0.15, -0.1) is 0 Å². The van der Waals surface area contributed by atoms with Crippen LogP contribution in [0.4, 0.5) is 24.5 Å². The number of nitro groups is 1. The summed E-state index contributed by atoms with van der Waals surface area (Å²) in [6.45, 7) is 1.76. The van der Waals surface area contributed by atoms with Gasteiger partial charge in [-0.25, -0.2) is 0 Å². The Bertz CT molecular complexity index is 1380. The average molecular weight is 482 g/mol. The lowest BCUT2D eigenvalue weighted by Gasteiger charge is -2.26. The number of Topliss-reactive ketones (excluding diaryl/α,β-unsaturated/α-hetero) is 1. The van der Waals surface area contributed by atoms with Crippen LogP contribution in [0.5, 0.6) is 0 Å². The van der Waals surface area contributed by atoms with Crippen molar-refractivity contribution < 1.29 is 32.8 Å². The third-order valence-electron chi connectivity index (χ3n) is 5.61. The molecule has 1 heterocycles. The first-order valence-electron chi connectivity index (χ1n) is 10.3. The Morgan fingerprint density at radius 2 is 1.66 bits per heavy atom. The Kier molecular flexibility index (Phi) is 5.89. The lowest BCUT2D eigenvalue weighted by molar-refractivity contribution is -0.384. The van der Waals surface area contributed by atoms with Crippen molar-refractivity contribution in [1.29, 1.82) is 0 Å². The minimum atomic E-state index is -4.68. The van der Waals surface area contributed by atoms with E-state index in [0.717, 1.165) is 40.8 Å². The molecular weight excluding hydrogens is 465 g/mol. The molecule has 1 saturated heterocycles. The number of carbonyl (C=O) groups excluding carboxylic acids is 2. The summed E-state index contributed by atoms with van der Waals surface area (Å²) in [5, 5.41) is 22.0. The lowest BCUT2D eigenvalue weighted by atomic mass is 9.94. The summed E-state index contributed by atoms with van der Waals surface area (Å²) in [5.41, 5.74) is -0.577. The third-order valence-corrected chi connectivity index (χ3v) is 5.61. The van der Waals surface area contributed by atoms with E-state index in [0.29, 0.717) is 5.56 Å². The fourth-order valence-corrected chi connectivity index (χ4v) is 3.98. The van der Waals surface area contributed by atoms with Crippen molar-refractivity contribution in [2.45, 2.75) is 19.1 Å². The van der Waals surface area contributed by atoms with Crippen LogP contribution in [0.3, 0.4) is 0 Å². The number of aliphatic hydroxyl groups is 1. The van der Waals surface area contributed by atoms with Gasteiger partial charge in [0.2, 0.25) is 0 Å². The monoisotopic (exact) mass is 482 g/mol. The van der Waals surface area contributed by atoms with Gasteiger partial charge in [-0.05, 0) is 42.8 Å². The molecule has 1 N–H and O–H groups in total. The van der Waals surface area contributed by atoms with Gasteiger partial charge in [0.1, 0.15) is 5.76 Å². The molecule has 0 radical (unpaired) electrons. The number of nitrogens with zero attached hydrogens (tertiary/aromatic N) is 2. The average Bonchev–Trinajstić information content (AvgIpc) is 3.08. The maximum atomic E-state index is 13.3. The van der Waals surface area contributed by atoms with E-state index in [-0.39, 0.29) is 22.5 Å². The molecule has 1 aliphatic heterocycles. The number of nitro benzene ring substituents is 1. The van der Waals surface area contributed by atoms with Crippen LogP contribution in [0, 0.1) is 17.0 Å². The van der Waals surface area contributed by atoms with Gasteiger partial charge >= 0.3 is 6.18 Å². The molecular formula is C25H17F3N2O5. The van der Waals surface area contributed by atoms with Crippen LogP contribution in [0.1, 0.15) is 28.3 Å². The smallest absolute Gasteiger partial charge is 0.416 e. The second-order valence-corrected chi connectivity index (χ2v) is 7.94. The zero-order valence-electron chi connectivity index (χ0n) is 18.1. The Balaban J connectivity index is 1.93. The fraction of sp³-hybridized carbons (Fsp3) is 0.120. The van der Waals surface area contributed by atoms with Crippen molar-refractivity contribution in [2.24, 2.45) is 0 Å². The molecule has 178 valence electrons. The van der Waals surface area contributed by atoms with Crippen molar-refractivity contribution in [1.82, 2.24) is 0 Å². The van der Waals surface area contributed by atoms with E-state index >= 15 is 0 Å². The molecule has 0 saturated carbocycles. The van der Waals surface area contributed by atoms with Gasteiger partial charge in [0.15, 0.2) is 0 Å². The molecule has 0 aliphatic carbocycles. The molecule has 0 aromatic heterocycles. The van der Waals surface area contributed by atoms with Gasteiger partial charge in [0.25, 0.3) is 17.4 Å². The Morgan fingerprint density at radius 3 is 2.26 bits per heavy atom. The van der Waals surface area contributed by atoms with E-state index in [1.807, 2.05) is 0 Å². The predicted molar refractivity (Wildman–Crippen MR) is 121 cm³/mol. The van der Waals surface area contributed by atoms with E-state index in [1.54, 1.807) is 31.2 Å². The number of rotatable bonds is 4. The summed E-state index contributed by atoms with van der Waals surface area (Å²) in [6, 6.07) is 14.1. The number of alkyl halides is 3. The van der Waals surface area contributed by atoms with Gasteiger partial charge in [0, 0.05) is 23.4 Å². The number of aliphatic hydroxyl groups excluding tert-OH is 1. The largest absolute Gasteiger partial charge is 0.507 e. The molecule has 10 heteroatoms. The third kappa shape index (κ3) is 4.37. The van der Waals surface area contributed by atoms with Gasteiger partial charge < -0.3 is 5.11 Å². The van der Waals surface area contributed by atoms with Crippen molar-refractivity contribution in [2.75, 3.05) is 4.90 Å². The summed E-state index contributed by atoms with van der Waals surface area (Å²) in [5.74, 6) is -2.80. The maximum absolute atomic E-state index is 13.3. The summed E-state index contributed by atoms with van der Waals surface area (Å²) in [4.78, 5) is 37.4. The summed E-state index contributed by atoms with van der Waals surface area (Å²) in [7, 11) is 0. The fourth-order valence-electron chi connectivity index (χ4n) is 3.98. The number of non-ortho nitro benzene ring substituents is 1. The van der Waals surface area contributed by atoms with E-state index < -0.39 is 40.2 Å². The van der Waals surface area contributed by atoms with E-state index in [2.05, 4.69) is 0 Å². The molecule has 3 aromatic carbocycles. The number of ketones is 1. The molecule has 4 rings (SSSR count). The van der Waals surface area contributed by atoms with Crippen LogP contribution in [-0.2, 0) is 15.8 Å². The number of hydrogen-bond acceptors (Lipinski definition) is 5. The van der Waals surface area contributed by atoms with Crippen molar-refractivity contribution in [3.8, 4) is 0 Å². The first-order chi connectivity index (χ1) is 16.5. The zero-order valence-corrected chi connectivity index (χ0v) is 18.1. The van der Waals surface area contributed by atoms with Crippen LogP contribution in [0.2, 0.25) is 0 Å². The van der Waals surface area contributed by atoms with Gasteiger partial charge in [0.05, 0.1) is 22.1 Å². The highest BCUT2D eigenvalue weighted by Gasteiger charge is 2.47. The van der Waals surface area contributed by atoms with Gasteiger partial charge in [-0.1, -0.05) is 35.9 Å². The van der Waals surface area contributed by atoms with E-state index in [4.69, 9.17) is 0 Å². The van der Waals surface area contributed by atoms with Crippen molar-refractivity contribution in [3.05, 3.63) is 111 Å². The molecule has 1 unspecified atom stereocenters. The number of carbonyl (C=O) groups is 2. The number of benzene rings is 3. The van der Waals surface area contributed by atoms with Gasteiger partial charge in [-0.3, -0.25) is 24.6 Å². The van der Waals surface area contributed by atoms with Crippen LogP contribution < -0.4 is 4.90 Å². The predicted octanol–water partition coefficient (Wildman–Crippen LogP) is 5.55. The zero-order chi connectivity index (χ0) is 25.5. The molecule has 0 bridgehead atoms. The molecule has 1 fully saturated rings. The Labute approximate surface area is 196 Å². The first-order valence-corrected chi connectivity index (χ1v) is 10.3. The Hall–Kier alpha value is -4.47. The minimum Gasteiger partial charge on any atom is -0.507 e. The van der Waals surface area contributed by atoms with Gasteiger partial charge in [-0.2, -0.15) is 13.2 Å². The summed E-state index contributed by atoms with van der Waals surface area (Å²) < 4.78 is 40.0. The molecule has 1 amide bonds. The standard InChI is InChI=1S/C25H17F3N2O5/c1-14-4-2-5-16(12-14)21-20(22(31)15-8-10-18(11-9-15)30(34)35)23(32)24(33)29(21)19-7-3-6-17(13-19)25(26,27)28/h2-13,21,31H,1H3/b22-20+. The quantitative estimate of drug-likeness (QED) is 0.173. The Morgan fingerprint density at radius 1 is 1.00 bits per heavy atom. The summed E-state index contributed by atoms with van der Waals surface area (Å²) in [6.07, 6.45) is -4.68. The highest BCUT2D eigenvalue weighted by molar-refractivity contribution is 6.51. The first kappa shape index (κ1) is 23.7. The highest BCUT2D eigenvalue weighted by atomic mass is 19.4.